The van der Waals surface area contributed by atoms with E-state index in [1.165, 1.54) is 11.1 Å². The Hall–Kier alpha value is -3.01. The molecule has 2 amide bonds. The Morgan fingerprint density at radius 1 is 0.848 bits per heavy atom. The maximum atomic E-state index is 14.2. The molecular weight excluding hydrogens is 595 g/mol. The highest BCUT2D eigenvalue weighted by Crippen LogP contribution is 2.44. The van der Waals surface area contributed by atoms with Crippen LogP contribution in [0.2, 0.25) is 0 Å². The molecule has 1 N–H and O–H groups in total. The molecule has 2 aromatic heterocycles. The molecule has 9 heteroatoms. The lowest BCUT2D eigenvalue weighted by Gasteiger charge is -2.34. The third-order valence-electron chi connectivity index (χ3n) is 11.1. The topological polar surface area (TPSA) is 80.0 Å². The fourth-order valence-electron chi connectivity index (χ4n) is 8.40. The van der Waals surface area contributed by atoms with Crippen molar-refractivity contribution in [3.8, 4) is 11.3 Å². The van der Waals surface area contributed by atoms with E-state index in [2.05, 4.69) is 71.6 Å². The SMILES string of the molecule is Cc1cc(C)cc(-c2[nH]c3sc(C(C)(C)C(=O)N4C5CCC4CC5)cc3c2C(=O)CCN2CCN(CC(=O)N3CCCC3)CC2)c1. The summed E-state index contributed by atoms with van der Waals surface area (Å²) in [5.41, 5.74) is 4.36. The summed E-state index contributed by atoms with van der Waals surface area (Å²) >= 11 is 1.63. The molecule has 4 saturated heterocycles. The van der Waals surface area contributed by atoms with Crippen LogP contribution in [0.1, 0.15) is 85.2 Å². The zero-order chi connectivity index (χ0) is 32.2. The number of fused-ring (bicyclic) bond motifs is 3. The molecule has 0 unspecified atom stereocenters. The van der Waals surface area contributed by atoms with E-state index < -0.39 is 5.41 Å². The van der Waals surface area contributed by atoms with E-state index >= 15 is 0 Å². The molecule has 6 heterocycles. The summed E-state index contributed by atoms with van der Waals surface area (Å²) in [6, 6.07) is 9.37. The van der Waals surface area contributed by atoms with E-state index in [-0.39, 0.29) is 17.6 Å². The van der Waals surface area contributed by atoms with Gasteiger partial charge in [0.25, 0.3) is 0 Å². The molecule has 0 saturated carbocycles. The summed E-state index contributed by atoms with van der Waals surface area (Å²) in [4.78, 5) is 55.2. The molecule has 7 rings (SSSR count). The molecule has 46 heavy (non-hydrogen) atoms. The molecule has 8 nitrogen and oxygen atoms in total. The summed E-state index contributed by atoms with van der Waals surface area (Å²) in [5.74, 6) is 0.618. The predicted molar refractivity (Wildman–Crippen MR) is 185 cm³/mol. The molecule has 1 aromatic carbocycles. The van der Waals surface area contributed by atoms with Crippen LogP contribution in [0.5, 0.6) is 0 Å². The highest BCUT2D eigenvalue weighted by atomic mass is 32.1. The lowest BCUT2D eigenvalue weighted by molar-refractivity contribution is -0.137. The van der Waals surface area contributed by atoms with Crippen LogP contribution < -0.4 is 0 Å². The number of amides is 2. The number of hydrogen-bond donors (Lipinski definition) is 1. The Kier molecular flexibility index (Phi) is 8.61. The van der Waals surface area contributed by atoms with Crippen molar-refractivity contribution in [2.24, 2.45) is 0 Å². The van der Waals surface area contributed by atoms with Gasteiger partial charge in [-0.1, -0.05) is 17.2 Å². The van der Waals surface area contributed by atoms with E-state index in [0.29, 0.717) is 31.6 Å². The van der Waals surface area contributed by atoms with Crippen LogP contribution in [0.3, 0.4) is 0 Å². The van der Waals surface area contributed by atoms with Crippen molar-refractivity contribution in [3.05, 3.63) is 45.8 Å². The van der Waals surface area contributed by atoms with Gasteiger partial charge in [-0.15, -0.1) is 11.3 Å². The monoisotopic (exact) mass is 643 g/mol. The van der Waals surface area contributed by atoms with Crippen LogP contribution in [0, 0.1) is 13.8 Å². The molecule has 0 spiro atoms. The number of nitrogens with one attached hydrogen (secondary N) is 1. The number of likely N-dealkylation sites (tertiary alicyclic amines) is 1. The minimum Gasteiger partial charge on any atom is -0.346 e. The lowest BCUT2D eigenvalue weighted by Crippen LogP contribution is -2.50. The van der Waals surface area contributed by atoms with Gasteiger partial charge in [0.05, 0.1) is 23.2 Å². The van der Waals surface area contributed by atoms with Crippen molar-refractivity contribution in [2.75, 3.05) is 52.4 Å². The highest BCUT2D eigenvalue weighted by Gasteiger charge is 2.47. The molecule has 0 radical (unpaired) electrons. The van der Waals surface area contributed by atoms with Gasteiger partial charge in [-0.05, 0) is 90.0 Å². The van der Waals surface area contributed by atoms with Crippen molar-refractivity contribution < 1.29 is 14.4 Å². The van der Waals surface area contributed by atoms with Crippen LogP contribution in [0.4, 0.5) is 0 Å². The van der Waals surface area contributed by atoms with Crippen molar-refractivity contribution in [1.82, 2.24) is 24.6 Å². The van der Waals surface area contributed by atoms with E-state index in [9.17, 15) is 14.4 Å². The number of hydrogen-bond acceptors (Lipinski definition) is 6. The molecule has 4 aliphatic rings. The van der Waals surface area contributed by atoms with Gasteiger partial charge in [-0.25, -0.2) is 0 Å². The molecular formula is C37H49N5O3S. The van der Waals surface area contributed by atoms with Crippen molar-refractivity contribution in [3.63, 3.8) is 0 Å². The second kappa shape index (κ2) is 12.5. The van der Waals surface area contributed by atoms with Crippen molar-refractivity contribution >= 4 is 39.2 Å². The number of nitrogens with zero attached hydrogens (tertiary/aromatic N) is 4. The summed E-state index contributed by atoms with van der Waals surface area (Å²) < 4.78 is 0. The van der Waals surface area contributed by atoms with Gasteiger partial charge < -0.3 is 19.7 Å². The zero-order valence-corrected chi connectivity index (χ0v) is 28.8. The minimum absolute atomic E-state index is 0.137. The highest BCUT2D eigenvalue weighted by molar-refractivity contribution is 7.19. The van der Waals surface area contributed by atoms with E-state index in [1.54, 1.807) is 11.3 Å². The average Bonchev–Trinajstić information content (AvgIpc) is 3.86. The molecule has 2 bridgehead atoms. The molecule has 0 aliphatic carbocycles. The number of carbonyl (C=O) groups excluding carboxylic acids is 3. The standard InChI is InChI=1S/C37H49N5O3S/c1-24-19-25(2)21-26(20-24)34-33(30(43)11-14-39-15-17-40(18-16-39)23-32(44)41-12-5-6-13-41)29-22-31(46-35(29)38-34)37(3,4)36(45)42-27-7-8-28(42)10-9-27/h19-22,27-28,38H,5-18,23H2,1-4H3. The van der Waals surface area contributed by atoms with E-state index in [0.717, 1.165) is 110 Å². The first-order chi connectivity index (χ1) is 22.1. The quantitative estimate of drug-likeness (QED) is 0.300. The number of aromatic amines is 1. The molecule has 0 atom stereocenters. The Morgan fingerprint density at radius 2 is 1.46 bits per heavy atom. The van der Waals surface area contributed by atoms with Gasteiger partial charge in [-0.2, -0.15) is 0 Å². The fraction of sp³-hybridized carbons (Fsp3) is 0.595. The summed E-state index contributed by atoms with van der Waals surface area (Å²) in [5, 5.41) is 0.940. The number of aromatic nitrogens is 1. The normalized spacial score (nSPS) is 22.4. The molecule has 246 valence electrons. The first-order valence-electron chi connectivity index (χ1n) is 17.4. The van der Waals surface area contributed by atoms with Crippen molar-refractivity contribution in [2.45, 2.75) is 90.1 Å². The molecule has 4 fully saturated rings. The Balaban J connectivity index is 1.10. The molecule has 3 aromatic rings. The Bertz CT molecular complexity index is 1600. The average molecular weight is 644 g/mol. The molecule has 4 aliphatic heterocycles. The first-order valence-corrected chi connectivity index (χ1v) is 18.2. The lowest BCUT2D eigenvalue weighted by atomic mass is 9.88. The van der Waals surface area contributed by atoms with Crippen molar-refractivity contribution in [1.29, 1.82) is 0 Å². The van der Waals surface area contributed by atoms with Gasteiger partial charge in [0.1, 0.15) is 4.83 Å². The maximum absolute atomic E-state index is 14.2. The first kappa shape index (κ1) is 31.6. The number of piperazine rings is 1. The van der Waals surface area contributed by atoms with Crippen LogP contribution in [-0.4, -0.2) is 107 Å². The fourth-order valence-corrected chi connectivity index (χ4v) is 9.56. The number of carbonyl (C=O) groups is 3. The number of thiophene rings is 1. The van der Waals surface area contributed by atoms with Crippen LogP contribution >= 0.6 is 11.3 Å². The maximum Gasteiger partial charge on any atom is 0.236 e. The number of H-pyrrole nitrogens is 1. The number of benzene rings is 1. The number of rotatable bonds is 9. The summed E-state index contributed by atoms with van der Waals surface area (Å²) in [6.45, 7) is 14.7. The van der Waals surface area contributed by atoms with E-state index in [1.807, 2.05) is 4.90 Å². The Labute approximate surface area is 277 Å². The van der Waals surface area contributed by atoms with Gasteiger partial charge in [0, 0.05) is 74.6 Å². The number of aryl methyl sites for hydroxylation is 2. The van der Waals surface area contributed by atoms with Gasteiger partial charge in [0.2, 0.25) is 11.8 Å². The smallest absolute Gasteiger partial charge is 0.236 e. The van der Waals surface area contributed by atoms with Gasteiger partial charge >= 0.3 is 0 Å². The van der Waals surface area contributed by atoms with Gasteiger partial charge in [0.15, 0.2) is 5.78 Å². The zero-order valence-electron chi connectivity index (χ0n) is 28.0. The number of Topliss-reactive ketones (excluding diaryl/α,β-unsaturated/α-hetero) is 1. The largest absolute Gasteiger partial charge is 0.346 e. The summed E-state index contributed by atoms with van der Waals surface area (Å²) in [7, 11) is 0. The van der Waals surface area contributed by atoms with Gasteiger partial charge in [-0.3, -0.25) is 19.3 Å². The Morgan fingerprint density at radius 3 is 2.09 bits per heavy atom. The second-order valence-electron chi connectivity index (χ2n) is 14.8. The minimum atomic E-state index is -0.647. The summed E-state index contributed by atoms with van der Waals surface area (Å²) in [6.07, 6.45) is 7.18. The second-order valence-corrected chi connectivity index (χ2v) is 15.8. The van der Waals surface area contributed by atoms with E-state index in [4.69, 9.17) is 0 Å². The van der Waals surface area contributed by atoms with Crippen LogP contribution in [-0.2, 0) is 15.0 Å². The third-order valence-corrected chi connectivity index (χ3v) is 12.4. The van der Waals surface area contributed by atoms with Crippen LogP contribution in [0.25, 0.3) is 21.5 Å². The van der Waals surface area contributed by atoms with Crippen LogP contribution in [0.15, 0.2) is 24.3 Å². The third kappa shape index (κ3) is 5.95. The number of ketones is 1. The predicted octanol–water partition coefficient (Wildman–Crippen LogP) is 5.76.